The number of aryl methyl sites for hydroxylation is 3. The first-order valence-corrected chi connectivity index (χ1v) is 11.8. The van der Waals surface area contributed by atoms with E-state index in [1.165, 1.54) is 11.3 Å². The highest BCUT2D eigenvalue weighted by atomic mass is 32.1. The standard InChI is InChI=1S/C24H25N5O3S/c1-15-5-4-6-18(11-15)29-16(2)12-20(26-29)22-17(3)25-24-28(23(22)31)19(14-33-24)13-21(30)27-7-9-32-10-8-27/h4-6,11-12,14H,7-10,13H2,1-3H3. The van der Waals surface area contributed by atoms with Crippen molar-refractivity contribution in [2.75, 3.05) is 26.3 Å². The Morgan fingerprint density at radius 3 is 2.70 bits per heavy atom. The fourth-order valence-corrected chi connectivity index (χ4v) is 5.15. The summed E-state index contributed by atoms with van der Waals surface area (Å²) in [6.45, 7) is 8.08. The van der Waals surface area contributed by atoms with Gasteiger partial charge in [0.15, 0.2) is 4.96 Å². The van der Waals surface area contributed by atoms with Crippen LogP contribution in [-0.2, 0) is 16.0 Å². The molecule has 1 saturated heterocycles. The lowest BCUT2D eigenvalue weighted by Gasteiger charge is -2.26. The zero-order valence-electron chi connectivity index (χ0n) is 18.9. The third-order valence-corrected chi connectivity index (χ3v) is 6.78. The molecule has 1 aliphatic rings. The number of amides is 1. The lowest BCUT2D eigenvalue weighted by atomic mass is 10.1. The normalized spacial score (nSPS) is 14.2. The van der Waals surface area contributed by atoms with Crippen molar-refractivity contribution in [2.45, 2.75) is 27.2 Å². The summed E-state index contributed by atoms with van der Waals surface area (Å²) in [5, 5.41) is 6.60. The molecule has 0 N–H and O–H groups in total. The number of fused-ring (bicyclic) bond motifs is 1. The van der Waals surface area contributed by atoms with Gasteiger partial charge in [0.05, 0.1) is 36.6 Å². The number of carbonyl (C=O) groups is 1. The summed E-state index contributed by atoms with van der Waals surface area (Å²) in [7, 11) is 0. The Labute approximate surface area is 195 Å². The van der Waals surface area contributed by atoms with Crippen LogP contribution in [-0.4, -0.2) is 56.3 Å². The second-order valence-electron chi connectivity index (χ2n) is 8.31. The second-order valence-corrected chi connectivity index (χ2v) is 9.15. The van der Waals surface area contributed by atoms with Crippen molar-refractivity contribution in [1.82, 2.24) is 24.1 Å². The van der Waals surface area contributed by atoms with E-state index in [4.69, 9.17) is 9.84 Å². The van der Waals surface area contributed by atoms with Crippen LogP contribution in [0.15, 0.2) is 40.5 Å². The van der Waals surface area contributed by atoms with Gasteiger partial charge in [0.25, 0.3) is 5.56 Å². The summed E-state index contributed by atoms with van der Waals surface area (Å²) in [5.41, 5.74) is 5.12. The first kappa shape index (κ1) is 21.5. The number of morpholine rings is 1. The molecule has 170 valence electrons. The fourth-order valence-electron chi connectivity index (χ4n) is 4.22. The number of rotatable bonds is 4. The van der Waals surface area contributed by atoms with E-state index in [1.54, 1.807) is 9.30 Å². The SMILES string of the molecule is Cc1cccc(-n2nc(-c3c(C)nc4scc(CC(=O)N5CCOCC5)n4c3=O)cc2C)c1. The topological polar surface area (TPSA) is 81.7 Å². The molecule has 0 radical (unpaired) electrons. The predicted molar refractivity (Wildman–Crippen MR) is 127 cm³/mol. The summed E-state index contributed by atoms with van der Waals surface area (Å²) < 4.78 is 8.74. The molecular formula is C24H25N5O3S. The average molecular weight is 464 g/mol. The predicted octanol–water partition coefficient (Wildman–Crippen LogP) is 2.94. The van der Waals surface area contributed by atoms with E-state index in [-0.39, 0.29) is 17.9 Å². The average Bonchev–Trinajstić information content (AvgIpc) is 3.37. The van der Waals surface area contributed by atoms with Gasteiger partial charge in [-0.05, 0) is 44.5 Å². The number of nitrogens with zero attached hydrogens (tertiary/aromatic N) is 5. The van der Waals surface area contributed by atoms with Gasteiger partial charge in [-0.25, -0.2) is 9.67 Å². The van der Waals surface area contributed by atoms with Crippen LogP contribution in [0.2, 0.25) is 0 Å². The van der Waals surface area contributed by atoms with Crippen molar-refractivity contribution in [1.29, 1.82) is 0 Å². The number of thiazole rings is 1. The van der Waals surface area contributed by atoms with E-state index in [9.17, 15) is 9.59 Å². The molecule has 0 saturated carbocycles. The molecule has 0 bridgehead atoms. The summed E-state index contributed by atoms with van der Waals surface area (Å²) in [6.07, 6.45) is 0.154. The van der Waals surface area contributed by atoms with Gasteiger partial charge in [-0.3, -0.25) is 14.0 Å². The Morgan fingerprint density at radius 2 is 1.94 bits per heavy atom. The Balaban J connectivity index is 1.56. The van der Waals surface area contributed by atoms with Crippen LogP contribution in [0, 0.1) is 20.8 Å². The van der Waals surface area contributed by atoms with Crippen LogP contribution in [0.1, 0.15) is 22.6 Å². The van der Waals surface area contributed by atoms with Gasteiger partial charge in [-0.1, -0.05) is 12.1 Å². The molecule has 33 heavy (non-hydrogen) atoms. The van der Waals surface area contributed by atoms with Crippen LogP contribution < -0.4 is 5.56 Å². The highest BCUT2D eigenvalue weighted by molar-refractivity contribution is 7.15. The van der Waals surface area contributed by atoms with E-state index >= 15 is 0 Å². The molecule has 3 aromatic heterocycles. The zero-order valence-corrected chi connectivity index (χ0v) is 19.7. The first-order chi connectivity index (χ1) is 15.9. The first-order valence-electron chi connectivity index (χ1n) is 10.9. The van der Waals surface area contributed by atoms with Gasteiger partial charge < -0.3 is 9.64 Å². The quantitative estimate of drug-likeness (QED) is 0.465. The number of aromatic nitrogens is 4. The zero-order chi connectivity index (χ0) is 23.1. The third kappa shape index (κ3) is 3.98. The van der Waals surface area contributed by atoms with Crippen LogP contribution in [0.4, 0.5) is 0 Å². The van der Waals surface area contributed by atoms with E-state index in [0.717, 1.165) is 16.9 Å². The largest absolute Gasteiger partial charge is 0.378 e. The minimum atomic E-state index is -0.197. The van der Waals surface area contributed by atoms with Crippen molar-refractivity contribution >= 4 is 22.2 Å². The maximum atomic E-state index is 13.6. The van der Waals surface area contributed by atoms with Crippen molar-refractivity contribution in [3.63, 3.8) is 0 Å². The van der Waals surface area contributed by atoms with Gasteiger partial charge in [-0.2, -0.15) is 5.10 Å². The van der Waals surface area contributed by atoms with Crippen molar-refractivity contribution in [3.05, 3.63) is 68.7 Å². The van der Waals surface area contributed by atoms with Gasteiger partial charge >= 0.3 is 0 Å². The molecule has 0 atom stereocenters. The summed E-state index contributed by atoms with van der Waals surface area (Å²) >= 11 is 1.37. The molecule has 1 aliphatic heterocycles. The van der Waals surface area contributed by atoms with Crippen molar-refractivity contribution < 1.29 is 9.53 Å². The minimum Gasteiger partial charge on any atom is -0.378 e. The molecule has 0 spiro atoms. The van der Waals surface area contributed by atoms with Crippen LogP contribution >= 0.6 is 11.3 Å². The van der Waals surface area contributed by atoms with Crippen molar-refractivity contribution in [3.8, 4) is 16.9 Å². The van der Waals surface area contributed by atoms with Crippen LogP contribution in [0.5, 0.6) is 0 Å². The van der Waals surface area contributed by atoms with Gasteiger partial charge in [0, 0.05) is 29.9 Å². The van der Waals surface area contributed by atoms with Crippen LogP contribution in [0.3, 0.4) is 0 Å². The molecule has 1 aromatic carbocycles. The van der Waals surface area contributed by atoms with Crippen molar-refractivity contribution in [2.24, 2.45) is 0 Å². The van der Waals surface area contributed by atoms with E-state index in [1.807, 2.05) is 55.1 Å². The number of hydrogen-bond acceptors (Lipinski definition) is 6. The van der Waals surface area contributed by atoms with Gasteiger partial charge in [0.2, 0.25) is 5.91 Å². The maximum absolute atomic E-state index is 13.6. The third-order valence-electron chi connectivity index (χ3n) is 5.91. The second kappa shape index (κ2) is 8.57. The van der Waals surface area contributed by atoms with E-state index in [2.05, 4.69) is 11.1 Å². The number of benzene rings is 1. The smallest absolute Gasteiger partial charge is 0.268 e. The van der Waals surface area contributed by atoms with Gasteiger partial charge in [0.1, 0.15) is 5.69 Å². The molecule has 0 aliphatic carbocycles. The van der Waals surface area contributed by atoms with Crippen LogP contribution in [0.25, 0.3) is 21.9 Å². The highest BCUT2D eigenvalue weighted by Crippen LogP contribution is 2.24. The molecule has 0 unspecified atom stereocenters. The van der Waals surface area contributed by atoms with E-state index < -0.39 is 0 Å². The Hall–Kier alpha value is -3.30. The monoisotopic (exact) mass is 463 g/mol. The maximum Gasteiger partial charge on any atom is 0.268 e. The summed E-state index contributed by atoms with van der Waals surface area (Å²) in [5.74, 6) is -0.00778. The Kier molecular flexibility index (Phi) is 5.59. The van der Waals surface area contributed by atoms with Gasteiger partial charge in [-0.15, -0.1) is 11.3 Å². The number of ether oxygens (including phenoxy) is 1. The lowest BCUT2D eigenvalue weighted by Crippen LogP contribution is -2.41. The van der Waals surface area contributed by atoms with E-state index in [0.29, 0.717) is 53.9 Å². The minimum absolute atomic E-state index is 0.00778. The highest BCUT2D eigenvalue weighted by Gasteiger charge is 2.22. The lowest BCUT2D eigenvalue weighted by molar-refractivity contribution is -0.134. The Morgan fingerprint density at radius 1 is 1.15 bits per heavy atom. The molecule has 9 heteroatoms. The summed E-state index contributed by atoms with van der Waals surface area (Å²) in [4.78, 5) is 33.5. The Bertz CT molecular complexity index is 1410. The molecular weight excluding hydrogens is 438 g/mol. The summed E-state index contributed by atoms with van der Waals surface area (Å²) in [6, 6.07) is 9.98. The molecule has 5 rings (SSSR count). The number of carbonyl (C=O) groups excluding carboxylic acids is 1. The number of hydrogen-bond donors (Lipinski definition) is 0. The molecule has 1 amide bonds. The molecule has 1 fully saturated rings. The fraction of sp³-hybridized carbons (Fsp3) is 0.333. The molecule has 4 aromatic rings. The molecule has 4 heterocycles. The molecule has 8 nitrogen and oxygen atoms in total.